The van der Waals surface area contributed by atoms with Crippen molar-refractivity contribution in [3.05, 3.63) is 22.1 Å². The molecule has 53 heavy (non-hydrogen) atoms. The SMILES string of the molecule is [N-]=[N+]=NCCOCCOCCOCCNc1nc(CCCN)nc(CCCOCCOCCOCCCC(=O)CCCC[C@@H]2SC[C@@H]3NC(=O)N[C@@H]32)n1. The van der Waals surface area contributed by atoms with E-state index in [9.17, 15) is 9.59 Å². The number of ketones is 1. The Morgan fingerprint density at radius 3 is 2.08 bits per heavy atom. The second-order valence-electron chi connectivity index (χ2n) is 12.6. The van der Waals surface area contributed by atoms with Crippen LogP contribution in [-0.4, -0.2) is 149 Å². The molecule has 3 rings (SSSR count). The largest absolute Gasteiger partial charge is 0.379 e. The highest BCUT2D eigenvalue weighted by Gasteiger charge is 2.42. The van der Waals surface area contributed by atoms with Gasteiger partial charge in [-0.2, -0.15) is 21.7 Å². The minimum atomic E-state index is -0.0543. The summed E-state index contributed by atoms with van der Waals surface area (Å²) in [6.07, 6.45) is 7.72. The minimum Gasteiger partial charge on any atom is -0.379 e. The molecule has 0 spiro atoms. The molecule has 2 fully saturated rings. The molecule has 0 unspecified atom stereocenters. The number of hydrogen-bond acceptors (Lipinski definition) is 15. The van der Waals surface area contributed by atoms with Gasteiger partial charge in [0.25, 0.3) is 0 Å². The number of unbranched alkanes of at least 4 members (excludes halogenated alkanes) is 1. The Labute approximate surface area is 317 Å². The highest BCUT2D eigenvalue weighted by atomic mass is 32.2. The van der Waals surface area contributed by atoms with Gasteiger partial charge in [0.05, 0.1) is 78.2 Å². The molecule has 2 amide bonds. The molecular formula is C34H60N10O8S. The number of carbonyl (C=O) groups is 2. The highest BCUT2D eigenvalue weighted by molar-refractivity contribution is 8.00. The summed E-state index contributed by atoms with van der Waals surface area (Å²) in [5.74, 6) is 3.19. The lowest BCUT2D eigenvalue weighted by Gasteiger charge is -2.16. The number of nitrogens with zero attached hydrogens (tertiary/aromatic N) is 6. The van der Waals surface area contributed by atoms with Crippen molar-refractivity contribution >= 4 is 29.5 Å². The molecule has 3 atom stereocenters. The standard InChI is InChI=1S/C34H60N10O8S/c35-11-3-9-30-40-31(42-33(41-30)37-12-16-49-20-24-52-25-21-50-17-13-38-44-36)10-5-15-48-19-23-51-22-18-47-14-4-7-27(45)6-1-2-8-29-32-28(26-53-29)39-34(46)43-32/h28-29,32H,1-26,35H2,(H2,39,43,46)(H,37,40,41,42)/t28-,29-,32-/m0/s1. The third kappa shape index (κ3) is 21.0. The summed E-state index contributed by atoms with van der Waals surface area (Å²) < 4.78 is 33.3. The van der Waals surface area contributed by atoms with E-state index in [1.54, 1.807) is 0 Å². The van der Waals surface area contributed by atoms with Gasteiger partial charge in [0.2, 0.25) is 5.95 Å². The summed E-state index contributed by atoms with van der Waals surface area (Å²) in [5, 5.41) is 13.0. The van der Waals surface area contributed by atoms with Gasteiger partial charge >= 0.3 is 6.03 Å². The van der Waals surface area contributed by atoms with Crippen LogP contribution in [0.25, 0.3) is 10.4 Å². The molecule has 2 aliphatic heterocycles. The number of nitrogens with two attached hydrogens (primary N) is 1. The summed E-state index contributed by atoms with van der Waals surface area (Å²) >= 11 is 1.91. The zero-order valence-corrected chi connectivity index (χ0v) is 31.9. The van der Waals surface area contributed by atoms with Gasteiger partial charge < -0.3 is 50.1 Å². The lowest BCUT2D eigenvalue weighted by molar-refractivity contribution is -0.119. The van der Waals surface area contributed by atoms with E-state index in [-0.39, 0.29) is 23.9 Å². The van der Waals surface area contributed by atoms with E-state index in [2.05, 4.69) is 40.9 Å². The maximum Gasteiger partial charge on any atom is 0.315 e. The first-order valence-electron chi connectivity index (χ1n) is 18.9. The van der Waals surface area contributed by atoms with Crippen molar-refractivity contribution in [2.75, 3.05) is 110 Å². The van der Waals surface area contributed by atoms with Gasteiger partial charge in [0.1, 0.15) is 17.4 Å². The van der Waals surface area contributed by atoms with Crippen molar-refractivity contribution in [3.63, 3.8) is 0 Å². The number of carbonyl (C=O) groups excluding carboxylic acids is 2. The fraction of sp³-hybridized carbons (Fsp3) is 0.853. The molecule has 0 radical (unpaired) electrons. The van der Waals surface area contributed by atoms with E-state index < -0.39 is 0 Å². The minimum absolute atomic E-state index is 0.0543. The average Bonchev–Trinajstić information content (AvgIpc) is 3.72. The summed E-state index contributed by atoms with van der Waals surface area (Å²) in [7, 11) is 0. The van der Waals surface area contributed by atoms with Crippen LogP contribution in [0.2, 0.25) is 0 Å². The van der Waals surface area contributed by atoms with Crippen LogP contribution in [0.15, 0.2) is 5.11 Å². The van der Waals surface area contributed by atoms with E-state index in [0.29, 0.717) is 147 Å². The van der Waals surface area contributed by atoms with Gasteiger partial charge in [0.15, 0.2) is 0 Å². The number of fused-ring (bicyclic) bond motifs is 1. The summed E-state index contributed by atoms with van der Waals surface area (Å²) in [6.45, 7) is 7.13. The number of rotatable bonds is 35. The van der Waals surface area contributed by atoms with Crippen LogP contribution < -0.4 is 21.7 Å². The fourth-order valence-electron chi connectivity index (χ4n) is 5.64. The molecule has 19 heteroatoms. The Kier molecular flexibility index (Phi) is 24.8. The van der Waals surface area contributed by atoms with Crippen molar-refractivity contribution in [3.8, 4) is 0 Å². The first-order valence-corrected chi connectivity index (χ1v) is 20.0. The number of aryl methyl sites for hydroxylation is 2. The molecule has 2 aliphatic rings. The maximum atomic E-state index is 12.2. The third-order valence-electron chi connectivity index (χ3n) is 8.31. The maximum absolute atomic E-state index is 12.2. The van der Waals surface area contributed by atoms with E-state index in [4.69, 9.17) is 39.7 Å². The molecule has 300 valence electrons. The number of thioether (sulfide) groups is 1. The van der Waals surface area contributed by atoms with Crippen LogP contribution in [0.4, 0.5) is 10.7 Å². The van der Waals surface area contributed by atoms with E-state index in [1.807, 2.05) is 11.8 Å². The van der Waals surface area contributed by atoms with Crippen LogP contribution in [0.5, 0.6) is 0 Å². The topological polar surface area (TPSA) is 239 Å². The quantitative estimate of drug-likeness (QED) is 0.0255. The second-order valence-corrected chi connectivity index (χ2v) is 13.8. The lowest BCUT2D eigenvalue weighted by Crippen LogP contribution is -2.36. The molecule has 0 bridgehead atoms. The number of nitrogens with one attached hydrogen (secondary N) is 3. The number of hydrogen-bond donors (Lipinski definition) is 4. The zero-order chi connectivity index (χ0) is 37.6. The molecule has 3 heterocycles. The number of amides is 2. The van der Waals surface area contributed by atoms with E-state index in [0.717, 1.165) is 44.3 Å². The van der Waals surface area contributed by atoms with Crippen molar-refractivity contribution < 1.29 is 38.0 Å². The van der Waals surface area contributed by atoms with Crippen molar-refractivity contribution in [2.45, 2.75) is 81.5 Å². The van der Waals surface area contributed by atoms with E-state index in [1.165, 1.54) is 0 Å². The molecule has 1 aromatic heterocycles. The number of ether oxygens (including phenoxy) is 6. The molecular weight excluding hydrogens is 709 g/mol. The summed E-state index contributed by atoms with van der Waals surface area (Å²) in [5.41, 5.74) is 13.9. The number of anilines is 1. The Hall–Kier alpha value is -2.87. The van der Waals surface area contributed by atoms with Crippen LogP contribution in [0.3, 0.4) is 0 Å². The van der Waals surface area contributed by atoms with Crippen molar-refractivity contribution in [1.82, 2.24) is 25.6 Å². The number of azide groups is 1. The molecule has 0 aliphatic carbocycles. The van der Waals surface area contributed by atoms with Crippen LogP contribution in [0, 0.1) is 0 Å². The van der Waals surface area contributed by atoms with Crippen molar-refractivity contribution in [1.29, 1.82) is 0 Å². The van der Waals surface area contributed by atoms with Crippen LogP contribution in [-0.2, 0) is 46.1 Å². The number of aromatic nitrogens is 3. The Bertz CT molecular complexity index is 1200. The van der Waals surface area contributed by atoms with Gasteiger partial charge in [-0.1, -0.05) is 11.5 Å². The lowest BCUT2D eigenvalue weighted by atomic mass is 10.0. The summed E-state index contributed by atoms with van der Waals surface area (Å²) in [4.78, 5) is 40.1. The predicted octanol–water partition coefficient (Wildman–Crippen LogP) is 2.59. The van der Waals surface area contributed by atoms with Crippen molar-refractivity contribution in [2.24, 2.45) is 10.8 Å². The van der Waals surface area contributed by atoms with Crippen LogP contribution >= 0.6 is 11.8 Å². The molecule has 0 saturated carbocycles. The van der Waals surface area contributed by atoms with Gasteiger partial charge in [-0.15, -0.1) is 0 Å². The van der Waals surface area contributed by atoms with Gasteiger partial charge in [-0.05, 0) is 44.2 Å². The Morgan fingerprint density at radius 1 is 0.792 bits per heavy atom. The van der Waals surface area contributed by atoms with Gasteiger partial charge in [-0.3, -0.25) is 4.79 Å². The first-order chi connectivity index (χ1) is 26.1. The van der Waals surface area contributed by atoms with E-state index >= 15 is 0 Å². The molecule has 1 aromatic rings. The zero-order valence-electron chi connectivity index (χ0n) is 31.1. The highest BCUT2D eigenvalue weighted by Crippen LogP contribution is 2.33. The molecule has 5 N–H and O–H groups in total. The van der Waals surface area contributed by atoms with Gasteiger partial charge in [-0.25, -0.2) is 9.78 Å². The predicted molar refractivity (Wildman–Crippen MR) is 201 cm³/mol. The normalized spacial score (nSPS) is 17.7. The fourth-order valence-corrected chi connectivity index (χ4v) is 7.18. The number of urea groups is 1. The van der Waals surface area contributed by atoms with Gasteiger partial charge in [0, 0.05) is 67.9 Å². The number of Topliss-reactive ketones (excluding diaryl/α,β-unsaturated/α-hetero) is 1. The molecule has 0 aromatic carbocycles. The Balaban J connectivity index is 1.11. The summed E-state index contributed by atoms with van der Waals surface area (Å²) in [6, 6.07) is 0.428. The third-order valence-corrected chi connectivity index (χ3v) is 9.82. The first kappa shape index (κ1) is 44.5. The molecule has 18 nitrogen and oxygen atoms in total. The smallest absolute Gasteiger partial charge is 0.315 e. The monoisotopic (exact) mass is 768 g/mol. The molecule has 2 saturated heterocycles. The Morgan fingerprint density at radius 2 is 1.40 bits per heavy atom. The average molecular weight is 769 g/mol. The second kappa shape index (κ2) is 29.5. The van der Waals surface area contributed by atoms with Crippen LogP contribution in [0.1, 0.15) is 63.0 Å².